The van der Waals surface area contributed by atoms with Crippen LogP contribution in [0.15, 0.2) is 18.2 Å². The molecule has 0 radical (unpaired) electrons. The van der Waals surface area contributed by atoms with Gasteiger partial charge in [-0.1, -0.05) is 12.2 Å². The average Bonchev–Trinajstić information content (AvgIpc) is 2.13. The maximum absolute atomic E-state index is 12.4. The van der Waals surface area contributed by atoms with E-state index in [2.05, 4.69) is 12.2 Å². The Labute approximate surface area is 104 Å². The summed E-state index contributed by atoms with van der Waals surface area (Å²) in [5, 5.41) is 0. The molecule has 1 aromatic carbocycles. The summed E-state index contributed by atoms with van der Waals surface area (Å²) in [6.45, 7) is 0. The molecule has 0 heterocycles. The van der Waals surface area contributed by atoms with Gasteiger partial charge in [-0.2, -0.15) is 26.3 Å². The number of halogens is 6. The van der Waals surface area contributed by atoms with E-state index in [9.17, 15) is 26.3 Å². The van der Waals surface area contributed by atoms with Gasteiger partial charge < -0.3 is 5.73 Å². The second-order valence-electron chi connectivity index (χ2n) is 3.56. The van der Waals surface area contributed by atoms with Crippen molar-refractivity contribution < 1.29 is 26.3 Å². The normalized spacial score (nSPS) is 12.6. The van der Waals surface area contributed by atoms with Crippen molar-refractivity contribution in [3.05, 3.63) is 34.9 Å². The van der Waals surface area contributed by atoms with E-state index in [0.29, 0.717) is 12.1 Å². The molecular formula is C10H7F6NS. The molecule has 1 aromatic rings. The molecule has 1 nitrogen and oxygen atoms in total. The number of thiocarbonyl (C=S) groups is 1. The van der Waals surface area contributed by atoms with Crippen LogP contribution in [0.1, 0.15) is 16.7 Å². The highest BCUT2D eigenvalue weighted by atomic mass is 32.1. The Morgan fingerprint density at radius 1 is 0.944 bits per heavy atom. The van der Waals surface area contributed by atoms with Crippen molar-refractivity contribution in [3.8, 4) is 0 Å². The van der Waals surface area contributed by atoms with Crippen LogP contribution in [0.3, 0.4) is 0 Å². The van der Waals surface area contributed by atoms with E-state index in [1.807, 2.05) is 0 Å². The van der Waals surface area contributed by atoms with Crippen molar-refractivity contribution in [2.75, 3.05) is 0 Å². The Hall–Kier alpha value is -1.31. The van der Waals surface area contributed by atoms with Crippen LogP contribution in [0.5, 0.6) is 0 Å². The van der Waals surface area contributed by atoms with E-state index in [-0.39, 0.29) is 23.0 Å². The van der Waals surface area contributed by atoms with Crippen molar-refractivity contribution >= 4 is 17.2 Å². The van der Waals surface area contributed by atoms with Gasteiger partial charge in [0.1, 0.15) is 0 Å². The quantitative estimate of drug-likeness (QED) is 0.665. The highest BCUT2D eigenvalue weighted by molar-refractivity contribution is 7.80. The van der Waals surface area contributed by atoms with Gasteiger partial charge in [0.05, 0.1) is 16.1 Å². The zero-order valence-corrected chi connectivity index (χ0v) is 9.51. The predicted molar refractivity (Wildman–Crippen MR) is 56.9 cm³/mol. The zero-order valence-electron chi connectivity index (χ0n) is 8.69. The first-order valence-corrected chi connectivity index (χ1v) is 4.97. The summed E-state index contributed by atoms with van der Waals surface area (Å²) in [5.41, 5.74) is 2.15. The molecule has 0 saturated heterocycles. The SMILES string of the molecule is NC(=S)Cc1cc(C(F)(F)F)cc(C(F)(F)F)c1. The van der Waals surface area contributed by atoms with Gasteiger partial charge in [0.25, 0.3) is 0 Å². The van der Waals surface area contributed by atoms with Crippen molar-refractivity contribution in [2.24, 2.45) is 5.73 Å². The molecular weight excluding hydrogens is 280 g/mol. The van der Waals surface area contributed by atoms with Crippen LogP contribution in [0.2, 0.25) is 0 Å². The summed E-state index contributed by atoms with van der Waals surface area (Å²) < 4.78 is 74.7. The van der Waals surface area contributed by atoms with Gasteiger partial charge in [0.15, 0.2) is 0 Å². The lowest BCUT2D eigenvalue weighted by Crippen LogP contribution is -2.15. The molecule has 8 heteroatoms. The Morgan fingerprint density at radius 3 is 1.61 bits per heavy atom. The minimum atomic E-state index is -4.85. The molecule has 0 bridgehead atoms. The smallest absolute Gasteiger partial charge is 0.393 e. The molecule has 0 aromatic heterocycles. The number of rotatable bonds is 2. The van der Waals surface area contributed by atoms with Crippen LogP contribution >= 0.6 is 12.2 Å². The maximum atomic E-state index is 12.4. The molecule has 2 N–H and O–H groups in total. The Morgan fingerprint density at radius 2 is 1.33 bits per heavy atom. The van der Waals surface area contributed by atoms with E-state index in [0.717, 1.165) is 0 Å². The minimum Gasteiger partial charge on any atom is -0.393 e. The molecule has 0 spiro atoms. The minimum absolute atomic E-state index is 0.0586. The summed E-state index contributed by atoms with van der Waals surface area (Å²) in [6, 6.07) is 1.27. The van der Waals surface area contributed by atoms with Crippen LogP contribution in [0.25, 0.3) is 0 Å². The van der Waals surface area contributed by atoms with Crippen LogP contribution in [0.4, 0.5) is 26.3 Å². The summed E-state index contributed by atoms with van der Waals surface area (Å²) in [4.78, 5) is -0.178. The first kappa shape index (κ1) is 14.7. The molecule has 0 aliphatic carbocycles. The van der Waals surface area contributed by atoms with Crippen molar-refractivity contribution in [2.45, 2.75) is 18.8 Å². The maximum Gasteiger partial charge on any atom is 0.416 e. The highest BCUT2D eigenvalue weighted by Gasteiger charge is 2.36. The first-order valence-electron chi connectivity index (χ1n) is 4.57. The third-order valence-corrected chi connectivity index (χ3v) is 2.17. The lowest BCUT2D eigenvalue weighted by molar-refractivity contribution is -0.143. The van der Waals surface area contributed by atoms with E-state index < -0.39 is 23.5 Å². The topological polar surface area (TPSA) is 26.0 Å². The molecule has 0 unspecified atom stereocenters. The van der Waals surface area contributed by atoms with Gasteiger partial charge in [0, 0.05) is 6.42 Å². The van der Waals surface area contributed by atoms with E-state index >= 15 is 0 Å². The molecule has 1 rings (SSSR count). The molecule has 0 amide bonds. The lowest BCUT2D eigenvalue weighted by Gasteiger charge is -2.13. The Kier molecular flexibility index (Phi) is 3.89. The monoisotopic (exact) mass is 287 g/mol. The van der Waals surface area contributed by atoms with E-state index in [1.165, 1.54) is 0 Å². The molecule has 100 valence electrons. The lowest BCUT2D eigenvalue weighted by atomic mass is 10.0. The van der Waals surface area contributed by atoms with E-state index in [4.69, 9.17) is 5.73 Å². The van der Waals surface area contributed by atoms with Gasteiger partial charge >= 0.3 is 12.4 Å². The second-order valence-corrected chi connectivity index (χ2v) is 4.08. The summed E-state index contributed by atoms with van der Waals surface area (Å²) in [6.07, 6.45) is -10.0. The number of hydrogen-bond acceptors (Lipinski definition) is 1. The largest absolute Gasteiger partial charge is 0.416 e. The fourth-order valence-electron chi connectivity index (χ4n) is 1.32. The molecule has 18 heavy (non-hydrogen) atoms. The second kappa shape index (κ2) is 4.75. The highest BCUT2D eigenvalue weighted by Crippen LogP contribution is 2.36. The van der Waals surface area contributed by atoms with E-state index in [1.54, 1.807) is 0 Å². The summed E-state index contributed by atoms with van der Waals surface area (Å²) in [5.74, 6) is 0. The number of benzene rings is 1. The Balaban J connectivity index is 3.34. The number of nitrogens with two attached hydrogens (primary N) is 1. The van der Waals surface area contributed by atoms with Crippen molar-refractivity contribution in [1.29, 1.82) is 0 Å². The molecule has 0 saturated carbocycles. The standard InChI is InChI=1S/C10H7F6NS/c11-9(12,13)6-1-5(3-8(17)18)2-7(4-6)10(14,15)16/h1-2,4H,3H2,(H2,17,18). The Bertz CT molecular complexity index is 430. The molecule has 0 aliphatic rings. The van der Waals surface area contributed by atoms with Gasteiger partial charge in [-0.05, 0) is 23.8 Å². The fourth-order valence-corrected chi connectivity index (χ4v) is 1.49. The first-order chi connectivity index (χ1) is 8.00. The average molecular weight is 287 g/mol. The number of alkyl halides is 6. The van der Waals surface area contributed by atoms with Crippen LogP contribution in [0, 0.1) is 0 Å². The molecule has 0 aliphatic heterocycles. The van der Waals surface area contributed by atoms with Crippen molar-refractivity contribution in [3.63, 3.8) is 0 Å². The third-order valence-electron chi connectivity index (χ3n) is 2.03. The van der Waals surface area contributed by atoms with Gasteiger partial charge in [-0.15, -0.1) is 0 Å². The van der Waals surface area contributed by atoms with Crippen LogP contribution in [-0.4, -0.2) is 4.99 Å². The fraction of sp³-hybridized carbons (Fsp3) is 0.300. The van der Waals surface area contributed by atoms with Gasteiger partial charge in [-0.25, -0.2) is 0 Å². The zero-order chi connectivity index (χ0) is 14.1. The predicted octanol–water partition coefficient (Wildman–Crippen LogP) is 3.55. The van der Waals surface area contributed by atoms with Crippen LogP contribution < -0.4 is 5.73 Å². The summed E-state index contributed by atoms with van der Waals surface area (Å²) >= 11 is 4.47. The van der Waals surface area contributed by atoms with Crippen LogP contribution in [-0.2, 0) is 18.8 Å². The molecule has 0 fully saturated rings. The van der Waals surface area contributed by atoms with Gasteiger partial charge in [-0.3, -0.25) is 0 Å². The summed E-state index contributed by atoms with van der Waals surface area (Å²) in [7, 11) is 0. The van der Waals surface area contributed by atoms with Crippen molar-refractivity contribution in [1.82, 2.24) is 0 Å². The van der Waals surface area contributed by atoms with Gasteiger partial charge in [0.2, 0.25) is 0 Å². The third kappa shape index (κ3) is 3.86. The number of hydrogen-bond donors (Lipinski definition) is 1. The molecule has 0 atom stereocenters.